The van der Waals surface area contributed by atoms with Crippen LogP contribution in [0, 0.1) is 0 Å². The molecule has 0 bridgehead atoms. The average Bonchev–Trinajstić information content (AvgIpc) is 2.55. The Morgan fingerprint density at radius 3 is 2.74 bits per heavy atom. The first-order valence-corrected chi connectivity index (χ1v) is 8.00. The minimum atomic E-state index is -0.00481. The third-order valence-electron chi connectivity index (χ3n) is 4.02. The minimum Gasteiger partial charge on any atom is -0.490 e. The second kappa shape index (κ2) is 6.73. The largest absolute Gasteiger partial charge is 0.490 e. The van der Waals surface area contributed by atoms with Crippen molar-refractivity contribution in [3.05, 3.63) is 54.1 Å². The van der Waals surface area contributed by atoms with Crippen molar-refractivity contribution >= 4 is 17.3 Å². The fourth-order valence-corrected chi connectivity index (χ4v) is 2.87. The maximum absolute atomic E-state index is 12.5. The lowest BCUT2D eigenvalue weighted by molar-refractivity contribution is -0.115. The average molecular weight is 310 g/mol. The zero-order chi connectivity index (χ0) is 16.2. The van der Waals surface area contributed by atoms with Crippen molar-refractivity contribution in [1.82, 2.24) is 0 Å². The second-order valence-electron chi connectivity index (χ2n) is 6.03. The lowest BCUT2D eigenvalue weighted by atomic mass is 10.0. The van der Waals surface area contributed by atoms with Crippen molar-refractivity contribution in [1.29, 1.82) is 0 Å². The predicted molar refractivity (Wildman–Crippen MR) is 93.3 cm³/mol. The van der Waals surface area contributed by atoms with Gasteiger partial charge in [-0.05, 0) is 29.7 Å². The first-order valence-electron chi connectivity index (χ1n) is 8.00. The number of hydrogen-bond acceptors (Lipinski definition) is 3. The summed E-state index contributed by atoms with van der Waals surface area (Å²) >= 11 is 0. The lowest BCUT2D eigenvalue weighted by Gasteiger charge is -2.30. The van der Waals surface area contributed by atoms with Gasteiger partial charge in [-0.1, -0.05) is 44.2 Å². The molecule has 0 atom stereocenters. The zero-order valence-corrected chi connectivity index (χ0v) is 13.6. The number of nitrogens with zero attached hydrogens (tertiary/aromatic N) is 1. The number of hydrogen-bond donors (Lipinski definition) is 1. The van der Waals surface area contributed by atoms with Crippen LogP contribution < -0.4 is 15.0 Å². The van der Waals surface area contributed by atoms with Crippen LogP contribution in [0.25, 0.3) is 0 Å². The van der Waals surface area contributed by atoms with Gasteiger partial charge in [-0.3, -0.25) is 4.79 Å². The van der Waals surface area contributed by atoms with Crippen LogP contribution in [0.1, 0.15) is 25.3 Å². The zero-order valence-electron chi connectivity index (χ0n) is 13.6. The fraction of sp³-hybridized carbons (Fsp3) is 0.316. The molecule has 1 aliphatic rings. The van der Waals surface area contributed by atoms with Crippen molar-refractivity contribution in [2.45, 2.75) is 19.8 Å². The number of anilines is 2. The molecule has 0 radical (unpaired) electrons. The molecular formula is C19H22N2O2. The van der Waals surface area contributed by atoms with E-state index in [0.717, 1.165) is 29.2 Å². The Kier molecular flexibility index (Phi) is 4.51. The molecule has 0 aromatic heterocycles. The van der Waals surface area contributed by atoms with Gasteiger partial charge in [0.2, 0.25) is 5.91 Å². The molecule has 0 fully saturated rings. The van der Waals surface area contributed by atoms with Gasteiger partial charge < -0.3 is 15.0 Å². The molecule has 3 rings (SSSR count). The maximum Gasteiger partial charge on any atom is 0.243 e. The van der Waals surface area contributed by atoms with Crippen LogP contribution in [0.4, 0.5) is 11.4 Å². The van der Waals surface area contributed by atoms with Crippen molar-refractivity contribution < 1.29 is 9.53 Å². The molecule has 4 heteroatoms. The fourth-order valence-electron chi connectivity index (χ4n) is 2.87. The smallest absolute Gasteiger partial charge is 0.243 e. The molecule has 4 nitrogen and oxygen atoms in total. The molecule has 0 aliphatic carbocycles. The molecule has 2 aromatic carbocycles. The Balaban J connectivity index is 1.72. The summed E-state index contributed by atoms with van der Waals surface area (Å²) in [5, 5.41) is 3.05. The summed E-state index contributed by atoms with van der Waals surface area (Å²) in [7, 11) is 0. The van der Waals surface area contributed by atoms with E-state index in [-0.39, 0.29) is 5.91 Å². The number of benzene rings is 2. The highest BCUT2D eigenvalue weighted by Gasteiger charge is 2.20. The van der Waals surface area contributed by atoms with Gasteiger partial charge in [0.25, 0.3) is 0 Å². The first kappa shape index (κ1) is 15.4. The summed E-state index contributed by atoms with van der Waals surface area (Å²) in [4.78, 5) is 14.5. The number of carbonyl (C=O) groups excluding carboxylic acids is 1. The van der Waals surface area contributed by atoms with Crippen LogP contribution in [0.5, 0.6) is 5.75 Å². The van der Waals surface area contributed by atoms with Crippen LogP contribution in [-0.4, -0.2) is 25.6 Å². The Morgan fingerprint density at radius 1 is 1.17 bits per heavy atom. The van der Waals surface area contributed by atoms with Crippen molar-refractivity contribution in [2.75, 3.05) is 29.9 Å². The highest BCUT2D eigenvalue weighted by atomic mass is 16.5. The van der Waals surface area contributed by atoms with Gasteiger partial charge in [0.05, 0.1) is 18.8 Å². The van der Waals surface area contributed by atoms with Gasteiger partial charge >= 0.3 is 0 Å². The molecule has 0 saturated heterocycles. The van der Waals surface area contributed by atoms with Gasteiger partial charge in [0, 0.05) is 5.69 Å². The third kappa shape index (κ3) is 3.47. The predicted octanol–water partition coefficient (Wildman–Crippen LogP) is 3.65. The molecule has 120 valence electrons. The van der Waals surface area contributed by atoms with Crippen LogP contribution in [0.3, 0.4) is 0 Å². The Bertz CT molecular complexity index is 697. The van der Waals surface area contributed by atoms with Crippen LogP contribution >= 0.6 is 0 Å². The van der Waals surface area contributed by atoms with E-state index in [4.69, 9.17) is 4.74 Å². The summed E-state index contributed by atoms with van der Waals surface area (Å²) < 4.78 is 5.63. The van der Waals surface area contributed by atoms with E-state index in [2.05, 4.69) is 30.1 Å². The molecule has 0 saturated carbocycles. The number of nitrogens with one attached hydrogen (secondary N) is 1. The first-order chi connectivity index (χ1) is 11.1. The summed E-state index contributed by atoms with van der Waals surface area (Å²) in [6.07, 6.45) is 0. The summed E-state index contributed by atoms with van der Waals surface area (Å²) in [5.41, 5.74) is 3.03. The minimum absolute atomic E-state index is 0.00481. The molecule has 1 amide bonds. The lowest BCUT2D eigenvalue weighted by Crippen LogP contribution is -2.38. The van der Waals surface area contributed by atoms with Crippen LogP contribution in [-0.2, 0) is 4.79 Å². The number of para-hydroxylation sites is 3. The van der Waals surface area contributed by atoms with Gasteiger partial charge in [-0.25, -0.2) is 0 Å². The van der Waals surface area contributed by atoms with Gasteiger partial charge in [0.1, 0.15) is 12.4 Å². The van der Waals surface area contributed by atoms with Gasteiger partial charge in [-0.15, -0.1) is 0 Å². The van der Waals surface area contributed by atoms with Crippen molar-refractivity contribution in [2.24, 2.45) is 0 Å². The monoisotopic (exact) mass is 310 g/mol. The molecule has 1 aliphatic heterocycles. The topological polar surface area (TPSA) is 41.6 Å². The van der Waals surface area contributed by atoms with Crippen LogP contribution in [0.2, 0.25) is 0 Å². The van der Waals surface area contributed by atoms with Crippen molar-refractivity contribution in [3.8, 4) is 5.75 Å². The number of rotatable bonds is 4. The number of fused-ring (bicyclic) bond motifs is 1. The number of amides is 1. The highest BCUT2D eigenvalue weighted by molar-refractivity contribution is 5.95. The number of carbonyl (C=O) groups is 1. The van der Waals surface area contributed by atoms with E-state index in [1.165, 1.54) is 0 Å². The van der Waals surface area contributed by atoms with Gasteiger partial charge in [0.15, 0.2) is 0 Å². The van der Waals surface area contributed by atoms with Crippen molar-refractivity contribution in [3.63, 3.8) is 0 Å². The summed E-state index contributed by atoms with van der Waals surface area (Å²) in [6, 6.07) is 15.8. The van der Waals surface area contributed by atoms with E-state index in [1.807, 2.05) is 42.5 Å². The molecule has 0 spiro atoms. The Hall–Kier alpha value is -2.49. The molecule has 0 unspecified atom stereocenters. The Labute approximate surface area is 137 Å². The SMILES string of the molecule is CC(C)c1ccccc1NC(=O)CN1CCOc2ccccc21. The summed E-state index contributed by atoms with van der Waals surface area (Å²) in [6.45, 7) is 5.91. The van der Waals surface area contributed by atoms with E-state index in [9.17, 15) is 4.79 Å². The molecule has 1 heterocycles. The van der Waals surface area contributed by atoms with E-state index in [0.29, 0.717) is 19.1 Å². The van der Waals surface area contributed by atoms with Crippen LogP contribution in [0.15, 0.2) is 48.5 Å². The van der Waals surface area contributed by atoms with Gasteiger partial charge in [-0.2, -0.15) is 0 Å². The molecule has 2 aromatic rings. The highest BCUT2D eigenvalue weighted by Crippen LogP contribution is 2.31. The quantitative estimate of drug-likeness (QED) is 0.937. The van der Waals surface area contributed by atoms with E-state index >= 15 is 0 Å². The maximum atomic E-state index is 12.5. The molecule has 1 N–H and O–H groups in total. The van der Waals surface area contributed by atoms with E-state index in [1.54, 1.807) is 0 Å². The molecular weight excluding hydrogens is 288 g/mol. The third-order valence-corrected chi connectivity index (χ3v) is 4.02. The normalized spacial score (nSPS) is 13.4. The molecule has 23 heavy (non-hydrogen) atoms. The number of ether oxygens (including phenoxy) is 1. The second-order valence-corrected chi connectivity index (χ2v) is 6.03. The van der Waals surface area contributed by atoms with E-state index < -0.39 is 0 Å². The Morgan fingerprint density at radius 2 is 1.91 bits per heavy atom. The summed E-state index contributed by atoms with van der Waals surface area (Å²) in [5.74, 6) is 1.21. The standard InChI is InChI=1S/C19H22N2O2/c1-14(2)15-7-3-4-8-16(15)20-19(22)13-21-11-12-23-18-10-6-5-9-17(18)21/h3-10,14H,11-13H2,1-2H3,(H,20,22).